The number of carbonyl (C=O) groups excluding carboxylic acids is 1. The number of thiocarbonyl (C=S) groups is 1. The first kappa shape index (κ1) is 16.8. The van der Waals surface area contributed by atoms with Crippen LogP contribution in [0.15, 0.2) is 0 Å². The zero-order valence-corrected chi connectivity index (χ0v) is 13.1. The van der Waals surface area contributed by atoms with E-state index >= 15 is 0 Å². The van der Waals surface area contributed by atoms with Gasteiger partial charge < -0.3 is 9.47 Å². The van der Waals surface area contributed by atoms with Crippen LogP contribution in [0.25, 0.3) is 0 Å². The number of carbonyl (C=O) groups is 1. The van der Waals surface area contributed by atoms with Crippen LogP contribution in [0.4, 0.5) is 0 Å². The van der Waals surface area contributed by atoms with Gasteiger partial charge in [0.2, 0.25) is 0 Å². The molecule has 3 nitrogen and oxygen atoms in total. The maximum Gasteiger partial charge on any atom is 0.305 e. The van der Waals surface area contributed by atoms with Gasteiger partial charge in [-0.25, -0.2) is 0 Å². The van der Waals surface area contributed by atoms with Crippen LogP contribution in [0.2, 0.25) is 0 Å². The molecule has 2 atom stereocenters. The Morgan fingerprint density at radius 2 is 1.82 bits per heavy atom. The van der Waals surface area contributed by atoms with Crippen molar-refractivity contribution in [3.05, 3.63) is 0 Å². The summed E-state index contributed by atoms with van der Waals surface area (Å²) in [4.78, 5) is 11.3. The minimum Gasteiger partial charge on any atom is -0.486 e. The van der Waals surface area contributed by atoms with E-state index in [4.69, 9.17) is 21.7 Å². The molecule has 0 aliphatic heterocycles. The SMILES string of the molecule is CCOC(=O)CCC(CC)C(Br)C(=S)OCC. The van der Waals surface area contributed by atoms with E-state index in [9.17, 15) is 4.79 Å². The van der Waals surface area contributed by atoms with Gasteiger partial charge in [-0.15, -0.1) is 0 Å². The lowest BCUT2D eigenvalue weighted by atomic mass is 9.97. The van der Waals surface area contributed by atoms with E-state index in [0.717, 1.165) is 12.8 Å². The first-order valence-corrected chi connectivity index (χ1v) is 7.35. The van der Waals surface area contributed by atoms with Gasteiger partial charge >= 0.3 is 5.97 Å². The molecular weight excluding hydrogens is 304 g/mol. The molecule has 0 saturated heterocycles. The molecule has 0 aliphatic carbocycles. The molecular formula is C12H21BrO3S. The molecule has 100 valence electrons. The van der Waals surface area contributed by atoms with E-state index in [1.165, 1.54) is 0 Å². The Balaban J connectivity index is 4.13. The fraction of sp³-hybridized carbons (Fsp3) is 0.833. The lowest BCUT2D eigenvalue weighted by molar-refractivity contribution is -0.143. The molecule has 0 bridgehead atoms. The summed E-state index contributed by atoms with van der Waals surface area (Å²) in [5.41, 5.74) is 0. The predicted octanol–water partition coefficient (Wildman–Crippen LogP) is 3.48. The molecule has 17 heavy (non-hydrogen) atoms. The van der Waals surface area contributed by atoms with E-state index < -0.39 is 0 Å². The molecule has 0 N–H and O–H groups in total. The molecule has 0 radical (unpaired) electrons. The van der Waals surface area contributed by atoms with Crippen molar-refractivity contribution in [2.24, 2.45) is 5.92 Å². The molecule has 0 rings (SSSR count). The normalized spacial score (nSPS) is 13.9. The van der Waals surface area contributed by atoms with Crippen LogP contribution < -0.4 is 0 Å². The van der Waals surface area contributed by atoms with Crippen LogP contribution in [0.3, 0.4) is 0 Å². The second-order valence-electron chi connectivity index (χ2n) is 3.67. The van der Waals surface area contributed by atoms with Gasteiger partial charge in [0, 0.05) is 6.42 Å². The standard InChI is InChI=1S/C12H21BrO3S/c1-4-9(7-8-10(14)15-5-2)11(13)12(17)16-6-3/h9,11H,4-8H2,1-3H3. The number of rotatable bonds is 8. The highest BCUT2D eigenvalue weighted by Gasteiger charge is 2.23. The highest BCUT2D eigenvalue weighted by molar-refractivity contribution is 9.10. The Morgan fingerprint density at radius 3 is 2.29 bits per heavy atom. The minimum atomic E-state index is -0.145. The van der Waals surface area contributed by atoms with Gasteiger partial charge in [-0.1, -0.05) is 29.3 Å². The molecule has 0 aromatic heterocycles. The molecule has 0 amide bonds. The fourth-order valence-corrected chi connectivity index (χ4v) is 2.59. The topological polar surface area (TPSA) is 35.5 Å². The fourth-order valence-electron chi connectivity index (χ4n) is 1.51. The van der Waals surface area contributed by atoms with Gasteiger partial charge in [0.05, 0.1) is 18.0 Å². The average Bonchev–Trinajstić information content (AvgIpc) is 2.30. The molecule has 2 unspecified atom stereocenters. The first-order chi connectivity index (χ1) is 8.06. The monoisotopic (exact) mass is 324 g/mol. The molecule has 5 heteroatoms. The third-order valence-electron chi connectivity index (χ3n) is 2.47. The number of ether oxygens (including phenoxy) is 2. The Bertz CT molecular complexity index is 246. The maximum absolute atomic E-state index is 11.3. The number of hydrogen-bond acceptors (Lipinski definition) is 4. The van der Waals surface area contributed by atoms with Crippen LogP contribution in [0.1, 0.15) is 40.0 Å². The van der Waals surface area contributed by atoms with Crippen molar-refractivity contribution in [3.63, 3.8) is 0 Å². The van der Waals surface area contributed by atoms with Crippen molar-refractivity contribution in [2.75, 3.05) is 13.2 Å². The van der Waals surface area contributed by atoms with Gasteiger partial charge in [-0.05, 0) is 38.4 Å². The largest absolute Gasteiger partial charge is 0.486 e. The van der Waals surface area contributed by atoms with Crippen LogP contribution in [-0.2, 0) is 14.3 Å². The smallest absolute Gasteiger partial charge is 0.305 e. The van der Waals surface area contributed by atoms with E-state index in [2.05, 4.69) is 22.9 Å². The first-order valence-electron chi connectivity index (χ1n) is 6.03. The third kappa shape index (κ3) is 6.99. The number of hydrogen-bond donors (Lipinski definition) is 0. The highest BCUT2D eigenvalue weighted by atomic mass is 79.9. The van der Waals surface area contributed by atoms with Gasteiger partial charge in [0.25, 0.3) is 0 Å². The summed E-state index contributed by atoms with van der Waals surface area (Å²) in [5, 5.41) is 0.572. The summed E-state index contributed by atoms with van der Waals surface area (Å²) < 4.78 is 10.2. The summed E-state index contributed by atoms with van der Waals surface area (Å²) in [7, 11) is 0. The molecule has 0 aliphatic rings. The number of esters is 1. The van der Waals surface area contributed by atoms with Crippen molar-refractivity contribution >= 4 is 39.2 Å². The van der Waals surface area contributed by atoms with Gasteiger partial charge in [-0.3, -0.25) is 4.79 Å². The Labute approximate surface area is 117 Å². The lowest BCUT2D eigenvalue weighted by Crippen LogP contribution is -2.25. The molecule has 0 heterocycles. The van der Waals surface area contributed by atoms with Crippen LogP contribution in [0, 0.1) is 5.92 Å². The zero-order valence-electron chi connectivity index (χ0n) is 10.7. The highest BCUT2D eigenvalue weighted by Crippen LogP contribution is 2.24. The Kier molecular flexibility index (Phi) is 9.74. The van der Waals surface area contributed by atoms with E-state index in [1.54, 1.807) is 0 Å². The zero-order chi connectivity index (χ0) is 13.3. The van der Waals surface area contributed by atoms with Crippen molar-refractivity contribution in [2.45, 2.75) is 44.9 Å². The van der Waals surface area contributed by atoms with Gasteiger partial charge in [-0.2, -0.15) is 0 Å². The van der Waals surface area contributed by atoms with E-state index in [1.807, 2.05) is 13.8 Å². The van der Waals surface area contributed by atoms with Crippen molar-refractivity contribution < 1.29 is 14.3 Å². The third-order valence-corrected chi connectivity index (χ3v) is 4.31. The molecule has 0 spiro atoms. The van der Waals surface area contributed by atoms with E-state index in [0.29, 0.717) is 30.6 Å². The van der Waals surface area contributed by atoms with Crippen molar-refractivity contribution in [1.82, 2.24) is 0 Å². The Morgan fingerprint density at radius 1 is 1.24 bits per heavy atom. The van der Waals surface area contributed by atoms with E-state index in [-0.39, 0.29) is 10.8 Å². The summed E-state index contributed by atoms with van der Waals surface area (Å²) in [6, 6.07) is 0. The maximum atomic E-state index is 11.3. The summed E-state index contributed by atoms with van der Waals surface area (Å²) in [5.74, 6) is 0.159. The summed E-state index contributed by atoms with van der Waals surface area (Å²) >= 11 is 8.71. The number of halogens is 1. The molecule has 0 fully saturated rings. The second kappa shape index (κ2) is 9.83. The second-order valence-corrected chi connectivity index (χ2v) is 5.05. The summed E-state index contributed by atoms with van der Waals surface area (Å²) in [6.45, 7) is 6.82. The van der Waals surface area contributed by atoms with Crippen LogP contribution in [-0.4, -0.2) is 29.1 Å². The molecule has 0 aromatic carbocycles. The average molecular weight is 325 g/mol. The predicted molar refractivity (Wildman–Crippen MR) is 76.6 cm³/mol. The van der Waals surface area contributed by atoms with Gasteiger partial charge in [0.1, 0.15) is 0 Å². The number of alkyl halides is 1. The van der Waals surface area contributed by atoms with Crippen LogP contribution in [0.5, 0.6) is 0 Å². The minimum absolute atomic E-state index is 0.0249. The molecule has 0 saturated carbocycles. The summed E-state index contributed by atoms with van der Waals surface area (Å²) in [6.07, 6.45) is 2.14. The lowest BCUT2D eigenvalue weighted by Gasteiger charge is -2.21. The van der Waals surface area contributed by atoms with Crippen molar-refractivity contribution in [3.8, 4) is 0 Å². The quantitative estimate of drug-likeness (QED) is 0.389. The van der Waals surface area contributed by atoms with Crippen LogP contribution >= 0.6 is 28.1 Å². The van der Waals surface area contributed by atoms with Crippen molar-refractivity contribution in [1.29, 1.82) is 0 Å². The molecule has 0 aromatic rings. The van der Waals surface area contributed by atoms with Gasteiger partial charge in [0.15, 0.2) is 5.05 Å². The Hall–Kier alpha value is -0.160.